The van der Waals surface area contributed by atoms with Gasteiger partial charge in [-0.15, -0.1) is 11.6 Å². The molecule has 0 saturated heterocycles. The molecular formula is C7H4Cl2INO2. The monoisotopic (exact) mass is 331 g/mol. The molecule has 0 heterocycles. The second-order valence-electron chi connectivity index (χ2n) is 2.25. The molecule has 0 atom stereocenters. The van der Waals surface area contributed by atoms with Crippen LogP contribution in [0.2, 0.25) is 5.02 Å². The Morgan fingerprint density at radius 3 is 2.54 bits per heavy atom. The number of nitro groups is 1. The Balaban J connectivity index is 3.43. The zero-order valence-corrected chi connectivity index (χ0v) is 9.93. The van der Waals surface area contributed by atoms with E-state index in [9.17, 15) is 10.1 Å². The topological polar surface area (TPSA) is 43.1 Å². The van der Waals surface area contributed by atoms with Crippen molar-refractivity contribution in [2.45, 2.75) is 5.88 Å². The molecule has 0 aliphatic carbocycles. The molecule has 0 radical (unpaired) electrons. The Morgan fingerprint density at radius 1 is 1.54 bits per heavy atom. The van der Waals surface area contributed by atoms with Crippen molar-refractivity contribution in [3.63, 3.8) is 0 Å². The van der Waals surface area contributed by atoms with Crippen LogP contribution in [0, 0.1) is 13.7 Å². The van der Waals surface area contributed by atoms with Gasteiger partial charge in [0.2, 0.25) is 0 Å². The first-order chi connectivity index (χ1) is 6.07. The zero-order valence-electron chi connectivity index (χ0n) is 6.26. The van der Waals surface area contributed by atoms with Crippen LogP contribution >= 0.6 is 45.8 Å². The Bertz CT molecular complexity index is 357. The van der Waals surface area contributed by atoms with E-state index >= 15 is 0 Å². The molecule has 1 aromatic rings. The molecule has 0 aliphatic rings. The van der Waals surface area contributed by atoms with Crippen molar-refractivity contribution in [3.8, 4) is 0 Å². The number of hydrogen-bond acceptors (Lipinski definition) is 2. The Labute approximate surface area is 98.3 Å². The molecule has 1 rings (SSSR count). The molecule has 0 saturated carbocycles. The van der Waals surface area contributed by atoms with Crippen molar-refractivity contribution in [2.75, 3.05) is 0 Å². The number of rotatable bonds is 2. The number of halogens is 3. The molecular weight excluding hydrogens is 328 g/mol. The predicted molar refractivity (Wildman–Crippen MR) is 60.4 cm³/mol. The SMILES string of the molecule is O=[N+]([O-])c1c(I)ccc(Cl)c1CCl. The van der Waals surface area contributed by atoms with Crippen LogP contribution in [0.4, 0.5) is 5.69 Å². The fourth-order valence-corrected chi connectivity index (χ4v) is 2.17. The van der Waals surface area contributed by atoms with Gasteiger partial charge in [-0.3, -0.25) is 10.1 Å². The lowest BCUT2D eigenvalue weighted by molar-refractivity contribution is -0.386. The van der Waals surface area contributed by atoms with E-state index in [0.717, 1.165) is 0 Å². The quantitative estimate of drug-likeness (QED) is 0.360. The largest absolute Gasteiger partial charge is 0.288 e. The molecule has 0 amide bonds. The normalized spacial score (nSPS) is 10.1. The molecule has 0 bridgehead atoms. The minimum atomic E-state index is -0.467. The summed E-state index contributed by atoms with van der Waals surface area (Å²) in [6.07, 6.45) is 0. The molecule has 1 aromatic carbocycles. The predicted octanol–water partition coefficient (Wildman–Crippen LogP) is 3.59. The van der Waals surface area contributed by atoms with Crippen LogP contribution < -0.4 is 0 Å². The first-order valence-corrected chi connectivity index (χ1v) is 5.24. The zero-order chi connectivity index (χ0) is 10.0. The third-order valence-electron chi connectivity index (χ3n) is 1.49. The summed E-state index contributed by atoms with van der Waals surface area (Å²) < 4.78 is 0.544. The summed E-state index contributed by atoms with van der Waals surface area (Å²) in [6.45, 7) is 0. The lowest BCUT2D eigenvalue weighted by Gasteiger charge is -2.02. The van der Waals surface area contributed by atoms with E-state index in [-0.39, 0.29) is 11.6 Å². The third kappa shape index (κ3) is 2.24. The molecule has 0 N–H and O–H groups in total. The van der Waals surface area contributed by atoms with Crippen LogP contribution in [0.5, 0.6) is 0 Å². The number of hydrogen-bond donors (Lipinski definition) is 0. The van der Waals surface area contributed by atoms with Gasteiger partial charge < -0.3 is 0 Å². The molecule has 0 fully saturated rings. The Hall–Kier alpha value is -0.0700. The maximum absolute atomic E-state index is 10.6. The van der Waals surface area contributed by atoms with E-state index in [1.54, 1.807) is 12.1 Å². The maximum Gasteiger partial charge on any atom is 0.288 e. The lowest BCUT2D eigenvalue weighted by atomic mass is 10.2. The highest BCUT2D eigenvalue weighted by Crippen LogP contribution is 2.32. The molecule has 0 aliphatic heterocycles. The average Bonchev–Trinajstić information content (AvgIpc) is 2.07. The summed E-state index contributed by atoms with van der Waals surface area (Å²) in [4.78, 5) is 10.2. The molecule has 13 heavy (non-hydrogen) atoms. The highest BCUT2D eigenvalue weighted by atomic mass is 127. The third-order valence-corrected chi connectivity index (χ3v) is 2.98. The molecule has 0 spiro atoms. The van der Waals surface area contributed by atoms with Crippen LogP contribution in [0.15, 0.2) is 12.1 Å². The summed E-state index contributed by atoms with van der Waals surface area (Å²) in [6, 6.07) is 3.20. The number of alkyl halides is 1. The van der Waals surface area contributed by atoms with Gasteiger partial charge in [0.15, 0.2) is 0 Å². The second-order valence-corrected chi connectivity index (χ2v) is 4.08. The van der Waals surface area contributed by atoms with Gasteiger partial charge in [-0.2, -0.15) is 0 Å². The van der Waals surface area contributed by atoms with E-state index in [0.29, 0.717) is 14.2 Å². The summed E-state index contributed by atoms with van der Waals surface area (Å²) in [5, 5.41) is 11.0. The van der Waals surface area contributed by atoms with Gasteiger partial charge >= 0.3 is 0 Å². The van der Waals surface area contributed by atoms with Crippen molar-refractivity contribution < 1.29 is 4.92 Å². The van der Waals surface area contributed by atoms with Crippen molar-refractivity contribution in [1.29, 1.82) is 0 Å². The van der Waals surface area contributed by atoms with E-state index in [4.69, 9.17) is 23.2 Å². The first kappa shape index (κ1) is 11.0. The average molecular weight is 332 g/mol. The summed E-state index contributed by atoms with van der Waals surface area (Å²) >= 11 is 13.2. The van der Waals surface area contributed by atoms with Gasteiger partial charge in [0.25, 0.3) is 5.69 Å². The maximum atomic E-state index is 10.6. The summed E-state index contributed by atoms with van der Waals surface area (Å²) in [5.41, 5.74) is 0.378. The highest BCUT2D eigenvalue weighted by Gasteiger charge is 2.19. The van der Waals surface area contributed by atoms with Gasteiger partial charge in [0.1, 0.15) is 0 Å². The van der Waals surface area contributed by atoms with Crippen LogP contribution in [0.3, 0.4) is 0 Å². The van der Waals surface area contributed by atoms with Crippen molar-refractivity contribution in [2.24, 2.45) is 0 Å². The van der Waals surface area contributed by atoms with Gasteiger partial charge in [-0.1, -0.05) is 11.6 Å². The smallest absolute Gasteiger partial charge is 0.258 e. The first-order valence-electron chi connectivity index (χ1n) is 3.25. The van der Waals surface area contributed by atoms with Crippen molar-refractivity contribution >= 4 is 51.5 Å². The standard InChI is InChI=1S/C7H4Cl2INO2/c8-3-4-5(9)1-2-6(10)7(4)11(12)13/h1-2H,3H2. The minimum Gasteiger partial charge on any atom is -0.258 e. The van der Waals surface area contributed by atoms with Gasteiger partial charge in [0, 0.05) is 0 Å². The van der Waals surface area contributed by atoms with E-state index in [2.05, 4.69) is 0 Å². The van der Waals surface area contributed by atoms with E-state index in [1.165, 1.54) is 0 Å². The lowest BCUT2D eigenvalue weighted by Crippen LogP contribution is -1.97. The van der Waals surface area contributed by atoms with Gasteiger partial charge in [-0.05, 0) is 34.7 Å². The summed E-state index contributed by atoms with van der Waals surface area (Å²) in [5.74, 6) is 0.0476. The molecule has 3 nitrogen and oxygen atoms in total. The van der Waals surface area contributed by atoms with E-state index in [1.807, 2.05) is 22.6 Å². The van der Waals surface area contributed by atoms with Crippen molar-refractivity contribution in [3.05, 3.63) is 36.4 Å². The van der Waals surface area contributed by atoms with Crippen LogP contribution in [-0.2, 0) is 5.88 Å². The molecule has 6 heteroatoms. The highest BCUT2D eigenvalue weighted by molar-refractivity contribution is 14.1. The summed E-state index contributed by atoms with van der Waals surface area (Å²) in [7, 11) is 0. The molecule has 70 valence electrons. The fourth-order valence-electron chi connectivity index (χ4n) is 0.908. The Kier molecular flexibility index (Phi) is 3.75. The van der Waals surface area contributed by atoms with E-state index < -0.39 is 4.92 Å². The van der Waals surface area contributed by atoms with Crippen LogP contribution in [0.25, 0.3) is 0 Å². The van der Waals surface area contributed by atoms with Gasteiger partial charge in [-0.25, -0.2) is 0 Å². The minimum absolute atomic E-state index is 0.00287. The molecule has 0 aromatic heterocycles. The van der Waals surface area contributed by atoms with Crippen LogP contribution in [-0.4, -0.2) is 4.92 Å². The van der Waals surface area contributed by atoms with Crippen molar-refractivity contribution in [1.82, 2.24) is 0 Å². The fraction of sp³-hybridized carbons (Fsp3) is 0.143. The number of nitro benzene ring substituents is 1. The van der Waals surface area contributed by atoms with Gasteiger partial charge in [0.05, 0.1) is 25.0 Å². The van der Waals surface area contributed by atoms with Crippen LogP contribution in [0.1, 0.15) is 5.56 Å². The molecule has 0 unspecified atom stereocenters. The number of nitrogens with zero attached hydrogens (tertiary/aromatic N) is 1. The Morgan fingerprint density at radius 2 is 2.15 bits per heavy atom. The number of benzene rings is 1. The second kappa shape index (κ2) is 4.43.